The average molecular weight is 240 g/mol. The lowest BCUT2D eigenvalue weighted by Gasteiger charge is -2.13. The Morgan fingerprint density at radius 3 is 2.25 bits per heavy atom. The molecule has 0 spiro atoms. The van der Waals surface area contributed by atoms with Crippen LogP contribution in [-0.4, -0.2) is 20.0 Å². The number of unbranched alkanes of at least 4 members (excludes halogenated alkanes) is 1. The minimum absolute atomic E-state index is 0.255. The van der Waals surface area contributed by atoms with Crippen LogP contribution in [0, 0.1) is 0 Å². The molecule has 16 heavy (non-hydrogen) atoms. The van der Waals surface area contributed by atoms with E-state index in [4.69, 9.17) is 9.47 Å². The number of hydrogen-bond acceptors (Lipinski definition) is 3. The zero-order valence-corrected chi connectivity index (χ0v) is 11.0. The maximum Gasteiger partial charge on any atom is 0.183 e. The number of methoxy groups -OCH3 is 2. The zero-order valence-electron chi connectivity index (χ0n) is 10.2. The van der Waals surface area contributed by atoms with E-state index < -0.39 is 0 Å². The fourth-order valence-electron chi connectivity index (χ4n) is 1.42. The third-order valence-corrected chi connectivity index (χ3v) is 3.45. The Kier molecular flexibility index (Phi) is 6.53. The van der Waals surface area contributed by atoms with Crippen LogP contribution in [0.2, 0.25) is 0 Å². The van der Waals surface area contributed by atoms with Crippen molar-refractivity contribution in [3.63, 3.8) is 0 Å². The lowest BCUT2D eigenvalue weighted by molar-refractivity contribution is -0.106. The molecule has 0 fully saturated rings. The SMILES string of the molecule is CCCCSc1ccc(C(OC)OC)cc1. The Hall–Kier alpha value is -0.510. The van der Waals surface area contributed by atoms with Crippen molar-refractivity contribution in [2.75, 3.05) is 20.0 Å². The Bertz CT molecular complexity index is 280. The summed E-state index contributed by atoms with van der Waals surface area (Å²) in [5, 5.41) is 0. The molecule has 0 unspecified atom stereocenters. The van der Waals surface area contributed by atoms with E-state index >= 15 is 0 Å². The minimum Gasteiger partial charge on any atom is -0.352 e. The Balaban J connectivity index is 2.53. The Labute approximate surface area is 102 Å². The lowest BCUT2D eigenvalue weighted by atomic mass is 10.2. The van der Waals surface area contributed by atoms with Gasteiger partial charge in [-0.2, -0.15) is 0 Å². The topological polar surface area (TPSA) is 18.5 Å². The molecule has 0 heterocycles. The number of ether oxygens (including phenoxy) is 2. The summed E-state index contributed by atoms with van der Waals surface area (Å²) in [7, 11) is 3.30. The monoisotopic (exact) mass is 240 g/mol. The van der Waals surface area contributed by atoms with Crippen molar-refractivity contribution >= 4 is 11.8 Å². The zero-order chi connectivity index (χ0) is 11.8. The molecule has 0 aliphatic carbocycles. The van der Waals surface area contributed by atoms with Gasteiger partial charge >= 0.3 is 0 Å². The fraction of sp³-hybridized carbons (Fsp3) is 0.538. The molecule has 2 nitrogen and oxygen atoms in total. The van der Waals surface area contributed by atoms with E-state index in [9.17, 15) is 0 Å². The highest BCUT2D eigenvalue weighted by atomic mass is 32.2. The van der Waals surface area contributed by atoms with Crippen molar-refractivity contribution in [1.29, 1.82) is 0 Å². The predicted molar refractivity (Wildman–Crippen MR) is 68.8 cm³/mol. The minimum atomic E-state index is -0.255. The predicted octanol–water partition coefficient (Wildman–Crippen LogP) is 3.87. The van der Waals surface area contributed by atoms with Gasteiger partial charge in [0.15, 0.2) is 6.29 Å². The van der Waals surface area contributed by atoms with Crippen LogP contribution in [-0.2, 0) is 9.47 Å². The van der Waals surface area contributed by atoms with Crippen LogP contribution in [0.5, 0.6) is 0 Å². The fourth-order valence-corrected chi connectivity index (χ4v) is 2.42. The summed E-state index contributed by atoms with van der Waals surface area (Å²) in [5.41, 5.74) is 1.06. The molecule has 0 saturated carbocycles. The molecule has 0 aliphatic rings. The third kappa shape index (κ3) is 4.16. The van der Waals surface area contributed by atoms with Crippen LogP contribution in [0.1, 0.15) is 31.6 Å². The van der Waals surface area contributed by atoms with Gasteiger partial charge in [0, 0.05) is 24.7 Å². The van der Waals surface area contributed by atoms with Crippen molar-refractivity contribution in [1.82, 2.24) is 0 Å². The maximum atomic E-state index is 5.19. The second-order valence-electron chi connectivity index (χ2n) is 3.57. The number of hydrogen-bond donors (Lipinski definition) is 0. The number of rotatable bonds is 7. The summed E-state index contributed by atoms with van der Waals surface area (Å²) in [4.78, 5) is 1.31. The molecule has 90 valence electrons. The van der Waals surface area contributed by atoms with Gasteiger partial charge in [-0.1, -0.05) is 25.5 Å². The van der Waals surface area contributed by atoms with Crippen LogP contribution >= 0.6 is 11.8 Å². The molecule has 1 aromatic rings. The first-order chi connectivity index (χ1) is 7.81. The summed E-state index contributed by atoms with van der Waals surface area (Å²) in [6, 6.07) is 8.37. The second kappa shape index (κ2) is 7.71. The summed E-state index contributed by atoms with van der Waals surface area (Å²) in [6.07, 6.45) is 2.26. The molecule has 3 heteroatoms. The van der Waals surface area contributed by atoms with Crippen LogP contribution in [0.3, 0.4) is 0 Å². The molecule has 0 radical (unpaired) electrons. The van der Waals surface area contributed by atoms with Gasteiger partial charge < -0.3 is 9.47 Å². The van der Waals surface area contributed by atoms with Crippen molar-refractivity contribution in [2.24, 2.45) is 0 Å². The van der Waals surface area contributed by atoms with E-state index in [1.807, 2.05) is 11.8 Å². The van der Waals surface area contributed by atoms with Gasteiger partial charge in [0.2, 0.25) is 0 Å². The maximum absolute atomic E-state index is 5.19. The summed E-state index contributed by atoms with van der Waals surface area (Å²) in [5.74, 6) is 1.19. The van der Waals surface area contributed by atoms with E-state index in [1.165, 1.54) is 23.5 Å². The summed E-state index contributed by atoms with van der Waals surface area (Å²) < 4.78 is 10.4. The molecule has 0 bridgehead atoms. The molecular weight excluding hydrogens is 220 g/mol. The molecule has 1 aromatic carbocycles. The summed E-state index contributed by atoms with van der Waals surface area (Å²) >= 11 is 1.90. The van der Waals surface area contributed by atoms with Gasteiger partial charge in [-0.15, -0.1) is 11.8 Å². The van der Waals surface area contributed by atoms with Gasteiger partial charge in [0.1, 0.15) is 0 Å². The highest BCUT2D eigenvalue weighted by Crippen LogP contribution is 2.23. The van der Waals surface area contributed by atoms with E-state index in [1.54, 1.807) is 14.2 Å². The van der Waals surface area contributed by atoms with Gasteiger partial charge in [-0.25, -0.2) is 0 Å². The van der Waals surface area contributed by atoms with Gasteiger partial charge in [-0.05, 0) is 24.3 Å². The van der Waals surface area contributed by atoms with Gasteiger partial charge in [-0.3, -0.25) is 0 Å². The molecular formula is C13H20O2S. The Morgan fingerprint density at radius 1 is 1.12 bits per heavy atom. The van der Waals surface area contributed by atoms with Crippen LogP contribution < -0.4 is 0 Å². The highest BCUT2D eigenvalue weighted by molar-refractivity contribution is 7.99. The molecule has 0 saturated heterocycles. The molecule has 0 amide bonds. The first-order valence-corrected chi connectivity index (χ1v) is 6.58. The van der Waals surface area contributed by atoms with Crippen LogP contribution in [0.4, 0.5) is 0 Å². The van der Waals surface area contributed by atoms with Crippen LogP contribution in [0.25, 0.3) is 0 Å². The molecule has 0 aromatic heterocycles. The normalized spacial score (nSPS) is 11.0. The van der Waals surface area contributed by atoms with Crippen molar-refractivity contribution in [3.05, 3.63) is 29.8 Å². The standard InChI is InChI=1S/C13H20O2S/c1-4-5-10-16-12-8-6-11(7-9-12)13(14-2)15-3/h6-9,13H,4-5,10H2,1-3H3. The van der Waals surface area contributed by atoms with E-state index in [0.29, 0.717) is 0 Å². The van der Waals surface area contributed by atoms with Gasteiger partial charge in [0.25, 0.3) is 0 Å². The number of thioether (sulfide) groups is 1. The number of benzene rings is 1. The highest BCUT2D eigenvalue weighted by Gasteiger charge is 2.07. The first-order valence-electron chi connectivity index (χ1n) is 5.60. The lowest BCUT2D eigenvalue weighted by Crippen LogP contribution is -2.02. The summed E-state index contributed by atoms with van der Waals surface area (Å²) in [6.45, 7) is 2.21. The van der Waals surface area contributed by atoms with E-state index in [-0.39, 0.29) is 6.29 Å². The molecule has 0 atom stereocenters. The van der Waals surface area contributed by atoms with Crippen molar-refractivity contribution < 1.29 is 9.47 Å². The first kappa shape index (κ1) is 13.6. The Morgan fingerprint density at radius 2 is 1.75 bits per heavy atom. The van der Waals surface area contributed by atoms with E-state index in [2.05, 4.69) is 31.2 Å². The molecule has 1 rings (SSSR count). The second-order valence-corrected chi connectivity index (χ2v) is 4.74. The quantitative estimate of drug-likeness (QED) is 0.409. The molecule has 0 aliphatic heterocycles. The van der Waals surface area contributed by atoms with Crippen LogP contribution in [0.15, 0.2) is 29.2 Å². The average Bonchev–Trinajstić information content (AvgIpc) is 2.33. The van der Waals surface area contributed by atoms with Crippen molar-refractivity contribution in [3.8, 4) is 0 Å². The van der Waals surface area contributed by atoms with E-state index in [0.717, 1.165) is 5.56 Å². The molecule has 0 N–H and O–H groups in total. The smallest absolute Gasteiger partial charge is 0.183 e. The van der Waals surface area contributed by atoms with Gasteiger partial charge in [0.05, 0.1) is 0 Å². The van der Waals surface area contributed by atoms with Crippen molar-refractivity contribution in [2.45, 2.75) is 31.0 Å². The largest absolute Gasteiger partial charge is 0.352 e. The third-order valence-electron chi connectivity index (χ3n) is 2.35.